The van der Waals surface area contributed by atoms with Gasteiger partial charge in [-0.25, -0.2) is 9.18 Å². The van der Waals surface area contributed by atoms with Crippen molar-refractivity contribution in [3.05, 3.63) is 24.0 Å². The number of alkyl halides is 3. The van der Waals surface area contributed by atoms with E-state index in [-0.39, 0.29) is 17.5 Å². The minimum atomic E-state index is -4.84. The molecular formula is C14H18F4N2O3. The molecular weight excluding hydrogens is 320 g/mol. The van der Waals surface area contributed by atoms with E-state index >= 15 is 0 Å². The fourth-order valence-corrected chi connectivity index (χ4v) is 1.60. The first kappa shape index (κ1) is 19.0. The Labute approximate surface area is 130 Å². The summed E-state index contributed by atoms with van der Waals surface area (Å²) in [5.74, 6) is -0.530. The Hall–Kier alpha value is -2.03. The number of nitrogens with zero attached hydrogens (tertiary/aromatic N) is 1. The second-order valence-corrected chi connectivity index (χ2v) is 5.18. The van der Waals surface area contributed by atoms with Crippen molar-refractivity contribution in [2.45, 2.75) is 32.2 Å². The number of aliphatic hydroxyl groups is 1. The summed E-state index contributed by atoms with van der Waals surface area (Å²) in [5.41, 5.74) is -0.209. The van der Waals surface area contributed by atoms with Crippen LogP contribution in [0.5, 0.6) is 5.75 Å². The number of hydrogen-bond donors (Lipinski definition) is 2. The number of carbonyl (C=O) groups is 1. The van der Waals surface area contributed by atoms with Crippen molar-refractivity contribution in [2.24, 2.45) is 0 Å². The van der Waals surface area contributed by atoms with Crippen LogP contribution < -0.4 is 10.1 Å². The lowest BCUT2D eigenvalue weighted by atomic mass is 10.3. The summed E-state index contributed by atoms with van der Waals surface area (Å²) in [6.07, 6.45) is -7.68. The fraction of sp³-hybridized carbons (Fsp3) is 0.500. The summed E-state index contributed by atoms with van der Waals surface area (Å²) >= 11 is 0. The molecule has 0 fully saturated rings. The first-order valence-corrected chi connectivity index (χ1v) is 6.73. The summed E-state index contributed by atoms with van der Waals surface area (Å²) in [6, 6.07) is 2.73. The molecule has 0 aliphatic rings. The zero-order valence-corrected chi connectivity index (χ0v) is 12.8. The van der Waals surface area contributed by atoms with E-state index in [1.54, 1.807) is 13.8 Å². The largest absolute Gasteiger partial charge is 0.491 e. The standard InChI is InChI=1S/C14H18F4N2O3/c1-8(2)23-9-4-5-11(10(15)6-9)19-13(22)20(3)7-12(21)14(16,17)18/h4-6,8,12,21H,7H2,1-3H3,(H,19,22)/t12-/m1/s1. The molecule has 0 saturated heterocycles. The number of urea groups is 1. The van der Waals surface area contributed by atoms with E-state index in [9.17, 15) is 22.4 Å². The highest BCUT2D eigenvalue weighted by Crippen LogP contribution is 2.23. The number of carbonyl (C=O) groups excluding carboxylic acids is 1. The molecule has 0 saturated carbocycles. The van der Waals surface area contributed by atoms with Gasteiger partial charge < -0.3 is 20.1 Å². The van der Waals surface area contributed by atoms with Gasteiger partial charge in [-0.05, 0) is 26.0 Å². The van der Waals surface area contributed by atoms with E-state index in [0.717, 1.165) is 13.1 Å². The van der Waals surface area contributed by atoms with Crippen molar-refractivity contribution in [3.63, 3.8) is 0 Å². The van der Waals surface area contributed by atoms with E-state index in [1.807, 2.05) is 0 Å². The number of ether oxygens (including phenoxy) is 1. The third-order valence-electron chi connectivity index (χ3n) is 2.73. The Morgan fingerprint density at radius 2 is 2.00 bits per heavy atom. The Balaban J connectivity index is 2.70. The topological polar surface area (TPSA) is 61.8 Å². The number of anilines is 1. The minimum Gasteiger partial charge on any atom is -0.491 e. The molecule has 0 bridgehead atoms. The second-order valence-electron chi connectivity index (χ2n) is 5.18. The highest BCUT2D eigenvalue weighted by molar-refractivity contribution is 5.89. The maximum atomic E-state index is 13.8. The molecule has 23 heavy (non-hydrogen) atoms. The maximum absolute atomic E-state index is 13.8. The van der Waals surface area contributed by atoms with Crippen LogP contribution in [-0.2, 0) is 0 Å². The molecule has 130 valence electrons. The number of rotatable bonds is 5. The van der Waals surface area contributed by atoms with E-state index in [0.29, 0.717) is 4.90 Å². The van der Waals surface area contributed by atoms with Crippen LogP contribution in [0.2, 0.25) is 0 Å². The number of hydrogen-bond acceptors (Lipinski definition) is 3. The normalized spacial score (nSPS) is 12.9. The van der Waals surface area contributed by atoms with Crippen molar-refractivity contribution in [1.82, 2.24) is 4.90 Å². The molecule has 2 N–H and O–H groups in total. The quantitative estimate of drug-likeness (QED) is 0.812. The minimum absolute atomic E-state index is 0.162. The van der Waals surface area contributed by atoms with Gasteiger partial charge in [-0.3, -0.25) is 0 Å². The predicted molar refractivity (Wildman–Crippen MR) is 75.9 cm³/mol. The van der Waals surface area contributed by atoms with Crippen molar-refractivity contribution in [2.75, 3.05) is 18.9 Å². The molecule has 9 heteroatoms. The molecule has 0 radical (unpaired) electrons. The average molecular weight is 338 g/mol. The molecule has 0 heterocycles. The van der Waals surface area contributed by atoms with Crippen LogP contribution in [0.3, 0.4) is 0 Å². The first-order chi connectivity index (χ1) is 10.5. The first-order valence-electron chi connectivity index (χ1n) is 6.73. The second kappa shape index (κ2) is 7.49. The average Bonchev–Trinajstić information content (AvgIpc) is 2.39. The summed E-state index contributed by atoms with van der Waals surface area (Å²) in [5, 5.41) is 11.0. The molecule has 0 spiro atoms. The monoisotopic (exact) mass is 338 g/mol. The molecule has 2 amide bonds. The van der Waals surface area contributed by atoms with Gasteiger partial charge in [0.1, 0.15) is 11.6 Å². The van der Waals surface area contributed by atoms with E-state index < -0.39 is 30.7 Å². The number of amides is 2. The third kappa shape index (κ3) is 5.93. The fourth-order valence-electron chi connectivity index (χ4n) is 1.60. The maximum Gasteiger partial charge on any atom is 0.416 e. The summed E-state index contributed by atoms with van der Waals surface area (Å²) < 4.78 is 55.8. The third-order valence-corrected chi connectivity index (χ3v) is 2.73. The lowest BCUT2D eigenvalue weighted by Gasteiger charge is -2.23. The molecule has 1 aromatic rings. The van der Waals surface area contributed by atoms with Crippen molar-refractivity contribution in [3.8, 4) is 5.75 Å². The van der Waals surface area contributed by atoms with Crippen molar-refractivity contribution < 1.29 is 32.2 Å². The lowest BCUT2D eigenvalue weighted by Crippen LogP contribution is -2.43. The molecule has 0 aliphatic heterocycles. The van der Waals surface area contributed by atoms with Crippen LogP contribution in [0.4, 0.5) is 28.0 Å². The molecule has 0 aromatic heterocycles. The molecule has 0 unspecified atom stereocenters. The van der Waals surface area contributed by atoms with Gasteiger partial charge >= 0.3 is 12.2 Å². The molecule has 1 aromatic carbocycles. The zero-order valence-electron chi connectivity index (χ0n) is 12.8. The predicted octanol–water partition coefficient (Wildman–Crippen LogP) is 3.00. The van der Waals surface area contributed by atoms with Gasteiger partial charge in [0.2, 0.25) is 0 Å². The van der Waals surface area contributed by atoms with Crippen LogP contribution >= 0.6 is 0 Å². The zero-order chi connectivity index (χ0) is 17.8. The van der Waals surface area contributed by atoms with Crippen LogP contribution in [0.25, 0.3) is 0 Å². The van der Waals surface area contributed by atoms with Crippen molar-refractivity contribution in [1.29, 1.82) is 0 Å². The van der Waals surface area contributed by atoms with E-state index in [4.69, 9.17) is 9.84 Å². The Morgan fingerprint density at radius 1 is 1.39 bits per heavy atom. The van der Waals surface area contributed by atoms with E-state index in [1.165, 1.54) is 12.1 Å². The van der Waals surface area contributed by atoms with Gasteiger partial charge in [0.25, 0.3) is 0 Å². The van der Waals surface area contributed by atoms with Crippen LogP contribution in [0.1, 0.15) is 13.8 Å². The summed E-state index contributed by atoms with van der Waals surface area (Å²) in [7, 11) is 1.05. The van der Waals surface area contributed by atoms with Crippen LogP contribution in [0.15, 0.2) is 18.2 Å². The van der Waals surface area contributed by atoms with E-state index in [2.05, 4.69) is 5.32 Å². The highest BCUT2D eigenvalue weighted by atomic mass is 19.4. The smallest absolute Gasteiger partial charge is 0.416 e. The molecule has 1 rings (SSSR count). The highest BCUT2D eigenvalue weighted by Gasteiger charge is 2.39. The Bertz CT molecular complexity index is 549. The lowest BCUT2D eigenvalue weighted by molar-refractivity contribution is -0.205. The summed E-state index contributed by atoms with van der Waals surface area (Å²) in [4.78, 5) is 12.3. The summed E-state index contributed by atoms with van der Waals surface area (Å²) in [6.45, 7) is 2.55. The van der Waals surface area contributed by atoms with Crippen LogP contribution in [0, 0.1) is 5.82 Å². The molecule has 1 atom stereocenters. The van der Waals surface area contributed by atoms with Gasteiger partial charge in [-0.1, -0.05) is 0 Å². The van der Waals surface area contributed by atoms with Crippen LogP contribution in [-0.4, -0.2) is 48.0 Å². The number of benzene rings is 1. The number of nitrogens with one attached hydrogen (secondary N) is 1. The van der Waals surface area contributed by atoms with Gasteiger partial charge in [-0.2, -0.15) is 13.2 Å². The SMILES string of the molecule is CC(C)Oc1ccc(NC(=O)N(C)C[C@@H](O)C(F)(F)F)c(F)c1. The number of halogens is 4. The van der Waals surface area contributed by atoms with Gasteiger partial charge in [0.15, 0.2) is 6.10 Å². The van der Waals surface area contributed by atoms with Crippen molar-refractivity contribution >= 4 is 11.7 Å². The Kier molecular flexibility index (Phi) is 6.20. The van der Waals surface area contributed by atoms with Gasteiger partial charge in [-0.15, -0.1) is 0 Å². The number of aliphatic hydroxyl groups excluding tert-OH is 1. The van der Waals surface area contributed by atoms with Gasteiger partial charge in [0, 0.05) is 13.1 Å². The molecule has 0 aliphatic carbocycles. The van der Waals surface area contributed by atoms with Gasteiger partial charge in [0.05, 0.1) is 18.3 Å². The molecule has 5 nitrogen and oxygen atoms in total. The number of likely N-dealkylation sites (N-methyl/N-ethyl adjacent to an activating group) is 1. The Morgan fingerprint density at radius 3 is 2.48 bits per heavy atom.